The molecule has 0 fully saturated rings. The van der Waals surface area contributed by atoms with E-state index in [4.69, 9.17) is 28.6 Å². The summed E-state index contributed by atoms with van der Waals surface area (Å²) in [5.74, 6) is 0.306. The van der Waals surface area contributed by atoms with Crippen LogP contribution in [0.1, 0.15) is 0 Å². The van der Waals surface area contributed by atoms with E-state index in [0.29, 0.717) is 39.5 Å². The molecule has 0 aromatic carbocycles. The standard InChI is InChI=1S/C12H13ClN6OS2/c1-20-6-5-14-11(21)19-10-17-8(13)7-9(18-10)22-12-15-3-2-4-16-12/h2-4,7H,5-6H2,1H3,(H2,14,17,18,19,21). The highest BCUT2D eigenvalue weighted by atomic mass is 35.5. The van der Waals surface area contributed by atoms with Gasteiger partial charge >= 0.3 is 0 Å². The van der Waals surface area contributed by atoms with Gasteiger partial charge in [-0.15, -0.1) is 0 Å². The molecule has 7 nitrogen and oxygen atoms in total. The number of anilines is 1. The van der Waals surface area contributed by atoms with Crippen molar-refractivity contribution in [2.24, 2.45) is 0 Å². The molecule has 0 atom stereocenters. The van der Waals surface area contributed by atoms with Gasteiger partial charge in [0.1, 0.15) is 10.2 Å². The Morgan fingerprint density at radius 1 is 1.36 bits per heavy atom. The fraction of sp³-hybridized carbons (Fsp3) is 0.250. The normalized spacial score (nSPS) is 10.3. The van der Waals surface area contributed by atoms with E-state index < -0.39 is 0 Å². The molecule has 2 N–H and O–H groups in total. The molecule has 2 aromatic rings. The maximum atomic E-state index is 6.00. The Kier molecular flexibility index (Phi) is 6.72. The second-order valence-electron chi connectivity index (χ2n) is 3.86. The van der Waals surface area contributed by atoms with E-state index in [0.717, 1.165) is 0 Å². The molecule has 2 aromatic heterocycles. The number of aromatic nitrogens is 4. The lowest BCUT2D eigenvalue weighted by Crippen LogP contribution is -2.31. The van der Waals surface area contributed by atoms with Gasteiger partial charge in [0, 0.05) is 32.1 Å². The molecule has 116 valence electrons. The molecule has 0 spiro atoms. The van der Waals surface area contributed by atoms with Gasteiger partial charge in [-0.05, 0) is 30.0 Å². The number of halogens is 1. The Bertz CT molecular complexity index is 630. The highest BCUT2D eigenvalue weighted by molar-refractivity contribution is 7.99. The van der Waals surface area contributed by atoms with Crippen molar-refractivity contribution in [3.05, 3.63) is 29.7 Å². The van der Waals surface area contributed by atoms with Crippen molar-refractivity contribution >= 4 is 46.6 Å². The van der Waals surface area contributed by atoms with Crippen molar-refractivity contribution in [1.82, 2.24) is 25.3 Å². The zero-order valence-corrected chi connectivity index (χ0v) is 14.0. The lowest BCUT2D eigenvalue weighted by Gasteiger charge is -2.09. The van der Waals surface area contributed by atoms with Crippen LogP contribution < -0.4 is 10.6 Å². The van der Waals surface area contributed by atoms with Crippen molar-refractivity contribution < 1.29 is 4.74 Å². The van der Waals surface area contributed by atoms with E-state index in [2.05, 4.69) is 30.6 Å². The molecule has 0 aliphatic heterocycles. The minimum absolute atomic E-state index is 0.302. The highest BCUT2D eigenvalue weighted by Gasteiger charge is 2.08. The van der Waals surface area contributed by atoms with Gasteiger partial charge in [0.25, 0.3) is 0 Å². The second-order valence-corrected chi connectivity index (χ2v) is 5.64. The van der Waals surface area contributed by atoms with Gasteiger partial charge in [0.15, 0.2) is 10.3 Å². The van der Waals surface area contributed by atoms with E-state index in [1.54, 1.807) is 31.6 Å². The molecule has 22 heavy (non-hydrogen) atoms. The first-order chi connectivity index (χ1) is 10.7. The van der Waals surface area contributed by atoms with Crippen LogP contribution >= 0.6 is 35.6 Å². The van der Waals surface area contributed by atoms with Gasteiger partial charge in [0.05, 0.1) is 6.61 Å². The molecular weight excluding hydrogens is 344 g/mol. The van der Waals surface area contributed by atoms with Gasteiger partial charge in [-0.1, -0.05) is 11.6 Å². The minimum Gasteiger partial charge on any atom is -0.383 e. The Labute approximate surface area is 142 Å². The average Bonchev–Trinajstić information content (AvgIpc) is 2.48. The summed E-state index contributed by atoms with van der Waals surface area (Å²) in [5, 5.41) is 7.72. The summed E-state index contributed by atoms with van der Waals surface area (Å²) < 4.78 is 4.93. The monoisotopic (exact) mass is 356 g/mol. The summed E-state index contributed by atoms with van der Waals surface area (Å²) in [6.45, 7) is 1.13. The Balaban J connectivity index is 2.02. The maximum Gasteiger partial charge on any atom is 0.231 e. The van der Waals surface area contributed by atoms with Crippen molar-refractivity contribution in [1.29, 1.82) is 0 Å². The van der Waals surface area contributed by atoms with Crippen LogP contribution in [0.15, 0.2) is 34.7 Å². The Morgan fingerprint density at radius 2 is 2.14 bits per heavy atom. The summed E-state index contributed by atoms with van der Waals surface area (Å²) in [5.41, 5.74) is 0. The Hall–Kier alpha value is -1.55. The summed E-state index contributed by atoms with van der Waals surface area (Å²) in [6.07, 6.45) is 3.32. The number of nitrogens with one attached hydrogen (secondary N) is 2. The van der Waals surface area contributed by atoms with Crippen LogP contribution in [0.2, 0.25) is 5.15 Å². The van der Waals surface area contributed by atoms with Gasteiger partial charge < -0.3 is 15.4 Å². The van der Waals surface area contributed by atoms with Crippen molar-refractivity contribution in [2.75, 3.05) is 25.6 Å². The van der Waals surface area contributed by atoms with E-state index in [1.807, 2.05) is 0 Å². The fourth-order valence-corrected chi connectivity index (χ4v) is 2.51. The third kappa shape index (κ3) is 5.68. The number of ether oxygens (including phenoxy) is 1. The van der Waals surface area contributed by atoms with Gasteiger partial charge in [-0.3, -0.25) is 0 Å². The average molecular weight is 357 g/mol. The van der Waals surface area contributed by atoms with E-state index in [9.17, 15) is 0 Å². The van der Waals surface area contributed by atoms with Crippen molar-refractivity contribution in [2.45, 2.75) is 10.2 Å². The first kappa shape index (κ1) is 16.8. The number of hydrogen-bond donors (Lipinski definition) is 2. The predicted molar refractivity (Wildman–Crippen MR) is 89.3 cm³/mol. The van der Waals surface area contributed by atoms with Gasteiger partial charge in [0.2, 0.25) is 5.95 Å². The zero-order chi connectivity index (χ0) is 15.8. The number of hydrogen-bond acceptors (Lipinski definition) is 7. The zero-order valence-electron chi connectivity index (χ0n) is 11.6. The van der Waals surface area contributed by atoms with Crippen LogP contribution in [-0.4, -0.2) is 45.3 Å². The highest BCUT2D eigenvalue weighted by Crippen LogP contribution is 2.24. The third-order valence-electron chi connectivity index (χ3n) is 2.23. The number of methoxy groups -OCH3 is 1. The smallest absolute Gasteiger partial charge is 0.231 e. The summed E-state index contributed by atoms with van der Waals surface area (Å²) in [7, 11) is 1.62. The molecule has 0 saturated heterocycles. The maximum absolute atomic E-state index is 6.00. The summed E-state index contributed by atoms with van der Waals surface area (Å²) in [4.78, 5) is 16.6. The van der Waals surface area contributed by atoms with Crippen molar-refractivity contribution in [3.63, 3.8) is 0 Å². The topological polar surface area (TPSA) is 84.9 Å². The first-order valence-electron chi connectivity index (χ1n) is 6.20. The van der Waals surface area contributed by atoms with Crippen LogP contribution in [0.4, 0.5) is 5.95 Å². The first-order valence-corrected chi connectivity index (χ1v) is 7.81. The van der Waals surface area contributed by atoms with Gasteiger partial charge in [-0.25, -0.2) is 19.9 Å². The number of rotatable bonds is 6. The van der Waals surface area contributed by atoms with E-state index >= 15 is 0 Å². The lowest BCUT2D eigenvalue weighted by atomic mass is 10.6. The predicted octanol–water partition coefficient (Wildman–Crippen LogP) is 2.00. The largest absolute Gasteiger partial charge is 0.383 e. The molecule has 2 heterocycles. The van der Waals surface area contributed by atoms with Gasteiger partial charge in [-0.2, -0.15) is 0 Å². The molecule has 0 bridgehead atoms. The number of thiocarbonyl (C=S) groups is 1. The molecule has 2 rings (SSSR count). The molecule has 0 aliphatic rings. The van der Waals surface area contributed by atoms with Crippen LogP contribution in [0.3, 0.4) is 0 Å². The van der Waals surface area contributed by atoms with Crippen LogP contribution in [-0.2, 0) is 4.74 Å². The molecule has 0 saturated carbocycles. The lowest BCUT2D eigenvalue weighted by molar-refractivity contribution is 0.204. The summed E-state index contributed by atoms with van der Waals surface area (Å²) >= 11 is 12.4. The van der Waals surface area contributed by atoms with Crippen LogP contribution in [0.25, 0.3) is 0 Å². The molecule has 0 unspecified atom stereocenters. The molecule has 0 radical (unpaired) electrons. The Morgan fingerprint density at radius 3 is 2.86 bits per heavy atom. The molecular formula is C12H13ClN6OS2. The SMILES string of the molecule is COCCNC(=S)Nc1nc(Cl)cc(Sc2ncccn2)n1. The quantitative estimate of drug-likeness (QED) is 0.349. The minimum atomic E-state index is 0.302. The molecule has 0 amide bonds. The van der Waals surface area contributed by atoms with Crippen LogP contribution in [0, 0.1) is 0 Å². The second kappa shape index (κ2) is 8.79. The van der Waals surface area contributed by atoms with E-state index in [-0.39, 0.29) is 0 Å². The van der Waals surface area contributed by atoms with E-state index in [1.165, 1.54) is 11.8 Å². The third-order valence-corrected chi connectivity index (χ3v) is 3.48. The summed E-state index contributed by atoms with van der Waals surface area (Å²) in [6, 6.07) is 3.38. The van der Waals surface area contributed by atoms with Crippen LogP contribution in [0.5, 0.6) is 0 Å². The fourth-order valence-electron chi connectivity index (χ4n) is 1.35. The molecule has 10 heteroatoms. The number of nitrogens with zero attached hydrogens (tertiary/aromatic N) is 4. The van der Waals surface area contributed by atoms with Crippen molar-refractivity contribution in [3.8, 4) is 0 Å². The molecule has 0 aliphatic carbocycles.